The maximum Gasteiger partial charge on any atom is 0.188 e. The molecule has 1 heterocycles. The molecule has 0 spiro atoms. The Morgan fingerprint density at radius 1 is 1.30 bits per heavy atom. The second-order valence-electron chi connectivity index (χ2n) is 4.21. The monoisotopic (exact) mass is 274 g/mol. The summed E-state index contributed by atoms with van der Waals surface area (Å²) in [4.78, 5) is 12.2. The van der Waals surface area contributed by atoms with Crippen LogP contribution in [0.1, 0.15) is 23.8 Å². The van der Waals surface area contributed by atoms with Gasteiger partial charge in [0.05, 0.1) is 19.9 Å². The minimum absolute atomic E-state index is 0.0304. The Labute approximate surface area is 118 Å². The smallest absolute Gasteiger partial charge is 0.188 e. The summed E-state index contributed by atoms with van der Waals surface area (Å²) in [7, 11) is 1.54. The molecule has 0 unspecified atom stereocenters. The molecule has 106 valence electrons. The van der Waals surface area contributed by atoms with Gasteiger partial charge in [0.2, 0.25) is 0 Å². The number of hydrogen-bond donors (Lipinski definition) is 0. The molecular formula is C15H18N2O3. The molecule has 0 radical (unpaired) electrons. The maximum atomic E-state index is 12.2. The predicted molar refractivity (Wildman–Crippen MR) is 75.3 cm³/mol. The molecule has 0 amide bonds. The Balaban J connectivity index is 1.96. The fourth-order valence-electron chi connectivity index (χ4n) is 1.94. The molecule has 0 saturated carbocycles. The highest BCUT2D eigenvalue weighted by atomic mass is 16.5. The second-order valence-corrected chi connectivity index (χ2v) is 4.21. The summed E-state index contributed by atoms with van der Waals surface area (Å²) in [5.41, 5.74) is 0.506. The lowest BCUT2D eigenvalue weighted by atomic mass is 10.2. The largest absolute Gasteiger partial charge is 0.493 e. The summed E-state index contributed by atoms with van der Waals surface area (Å²) in [5.74, 6) is 1.24. The zero-order chi connectivity index (χ0) is 14.4. The van der Waals surface area contributed by atoms with Crippen molar-refractivity contribution < 1.29 is 14.3 Å². The number of para-hydroxylation sites is 1. The fraction of sp³-hybridized carbons (Fsp3) is 0.333. The number of ketones is 1. The molecule has 2 aromatic rings. The third-order valence-corrected chi connectivity index (χ3v) is 2.93. The van der Waals surface area contributed by atoms with Crippen molar-refractivity contribution in [2.75, 3.05) is 13.7 Å². The molecule has 5 heteroatoms. The van der Waals surface area contributed by atoms with E-state index in [-0.39, 0.29) is 12.2 Å². The predicted octanol–water partition coefficient (Wildman–Crippen LogP) is 2.56. The molecule has 0 atom stereocenters. The maximum absolute atomic E-state index is 12.2. The van der Waals surface area contributed by atoms with Gasteiger partial charge in [0.25, 0.3) is 0 Å². The van der Waals surface area contributed by atoms with Crippen molar-refractivity contribution in [3.8, 4) is 11.5 Å². The molecule has 1 aromatic carbocycles. The number of benzene rings is 1. The SMILES string of the molecule is CCn1ncc(OC)c1C(=O)CCOc1ccccc1. The minimum atomic E-state index is -0.0304. The van der Waals surface area contributed by atoms with Crippen LogP contribution >= 0.6 is 0 Å². The van der Waals surface area contributed by atoms with Gasteiger partial charge in [0, 0.05) is 13.0 Å². The van der Waals surface area contributed by atoms with Crippen molar-refractivity contribution in [3.05, 3.63) is 42.2 Å². The Hall–Kier alpha value is -2.30. The molecule has 0 aliphatic heterocycles. The molecule has 0 N–H and O–H groups in total. The van der Waals surface area contributed by atoms with Gasteiger partial charge in [-0.3, -0.25) is 9.48 Å². The van der Waals surface area contributed by atoms with Crippen LogP contribution in [0.25, 0.3) is 0 Å². The van der Waals surface area contributed by atoms with Crippen LogP contribution in [-0.4, -0.2) is 29.3 Å². The third kappa shape index (κ3) is 3.17. The normalized spacial score (nSPS) is 10.3. The highest BCUT2D eigenvalue weighted by Crippen LogP contribution is 2.19. The quantitative estimate of drug-likeness (QED) is 0.728. The molecular weight excluding hydrogens is 256 g/mol. The van der Waals surface area contributed by atoms with Crippen LogP contribution in [0.3, 0.4) is 0 Å². The third-order valence-electron chi connectivity index (χ3n) is 2.93. The number of aryl methyl sites for hydroxylation is 1. The molecule has 0 bridgehead atoms. The van der Waals surface area contributed by atoms with Crippen LogP contribution in [0.5, 0.6) is 11.5 Å². The van der Waals surface area contributed by atoms with E-state index in [9.17, 15) is 4.79 Å². The van der Waals surface area contributed by atoms with Crippen LogP contribution in [0.2, 0.25) is 0 Å². The van der Waals surface area contributed by atoms with E-state index in [2.05, 4.69) is 5.10 Å². The van der Waals surface area contributed by atoms with Crippen molar-refractivity contribution in [3.63, 3.8) is 0 Å². The summed E-state index contributed by atoms with van der Waals surface area (Å²) in [6, 6.07) is 9.43. The Kier molecular flexibility index (Phi) is 4.76. The number of Topliss-reactive ketones (excluding diaryl/α,β-unsaturated/α-hetero) is 1. The van der Waals surface area contributed by atoms with Crippen molar-refractivity contribution >= 4 is 5.78 Å². The minimum Gasteiger partial charge on any atom is -0.493 e. The number of rotatable bonds is 7. The molecule has 1 aromatic heterocycles. The standard InChI is InChI=1S/C15H18N2O3/c1-3-17-15(14(19-2)11-16-17)13(18)9-10-20-12-7-5-4-6-8-12/h4-8,11H,3,9-10H2,1-2H3. The van der Waals surface area contributed by atoms with Crippen LogP contribution in [-0.2, 0) is 6.54 Å². The zero-order valence-corrected chi connectivity index (χ0v) is 11.7. The van der Waals surface area contributed by atoms with Gasteiger partial charge in [-0.15, -0.1) is 0 Å². The molecule has 0 aliphatic rings. The summed E-state index contributed by atoms with van der Waals surface area (Å²) >= 11 is 0. The number of nitrogens with zero attached hydrogens (tertiary/aromatic N) is 2. The van der Waals surface area contributed by atoms with Gasteiger partial charge in [-0.25, -0.2) is 0 Å². The van der Waals surface area contributed by atoms with Crippen molar-refractivity contribution in [2.24, 2.45) is 0 Å². The lowest BCUT2D eigenvalue weighted by Crippen LogP contribution is -2.13. The van der Waals surface area contributed by atoms with Gasteiger partial charge < -0.3 is 9.47 Å². The molecule has 0 saturated heterocycles. The van der Waals surface area contributed by atoms with Gasteiger partial charge >= 0.3 is 0 Å². The molecule has 20 heavy (non-hydrogen) atoms. The van der Waals surface area contributed by atoms with Gasteiger partial charge in [0.1, 0.15) is 11.4 Å². The second kappa shape index (κ2) is 6.75. The molecule has 0 aliphatic carbocycles. The van der Waals surface area contributed by atoms with Crippen LogP contribution in [0.4, 0.5) is 0 Å². The Bertz CT molecular complexity index is 542. The first-order valence-electron chi connectivity index (χ1n) is 6.57. The number of methoxy groups -OCH3 is 1. The number of carbonyl (C=O) groups excluding carboxylic acids is 1. The summed E-state index contributed by atoms with van der Waals surface area (Å²) in [6.07, 6.45) is 1.85. The summed E-state index contributed by atoms with van der Waals surface area (Å²) < 4.78 is 12.3. The summed E-state index contributed by atoms with van der Waals surface area (Å²) in [6.45, 7) is 2.90. The Morgan fingerprint density at radius 2 is 2.05 bits per heavy atom. The zero-order valence-electron chi connectivity index (χ0n) is 11.7. The molecule has 2 rings (SSSR count). The fourth-order valence-corrected chi connectivity index (χ4v) is 1.94. The van der Waals surface area contributed by atoms with Crippen molar-refractivity contribution in [1.82, 2.24) is 9.78 Å². The van der Waals surface area contributed by atoms with Crippen molar-refractivity contribution in [2.45, 2.75) is 19.9 Å². The van der Waals surface area contributed by atoms with Gasteiger partial charge in [-0.05, 0) is 19.1 Å². The lowest BCUT2D eigenvalue weighted by Gasteiger charge is -2.08. The van der Waals surface area contributed by atoms with Gasteiger partial charge in [-0.2, -0.15) is 5.10 Å². The van der Waals surface area contributed by atoms with E-state index in [1.807, 2.05) is 37.3 Å². The van der Waals surface area contributed by atoms with Crippen LogP contribution < -0.4 is 9.47 Å². The lowest BCUT2D eigenvalue weighted by molar-refractivity contribution is 0.0948. The number of hydrogen-bond acceptors (Lipinski definition) is 4. The highest BCUT2D eigenvalue weighted by Gasteiger charge is 2.18. The van der Waals surface area contributed by atoms with E-state index in [0.29, 0.717) is 24.6 Å². The van der Waals surface area contributed by atoms with Crippen LogP contribution in [0.15, 0.2) is 36.5 Å². The van der Waals surface area contributed by atoms with E-state index in [1.54, 1.807) is 10.9 Å². The van der Waals surface area contributed by atoms with E-state index in [4.69, 9.17) is 9.47 Å². The number of ether oxygens (including phenoxy) is 2. The first-order valence-corrected chi connectivity index (χ1v) is 6.57. The Morgan fingerprint density at radius 3 is 2.70 bits per heavy atom. The van der Waals surface area contributed by atoms with E-state index in [0.717, 1.165) is 5.75 Å². The topological polar surface area (TPSA) is 53.4 Å². The van der Waals surface area contributed by atoms with Crippen molar-refractivity contribution in [1.29, 1.82) is 0 Å². The number of carbonyl (C=O) groups is 1. The van der Waals surface area contributed by atoms with E-state index in [1.165, 1.54) is 7.11 Å². The first-order chi connectivity index (χ1) is 9.76. The average molecular weight is 274 g/mol. The molecule has 0 fully saturated rings. The van der Waals surface area contributed by atoms with E-state index < -0.39 is 0 Å². The van der Waals surface area contributed by atoms with Gasteiger partial charge in [0.15, 0.2) is 11.5 Å². The van der Waals surface area contributed by atoms with E-state index >= 15 is 0 Å². The first kappa shape index (κ1) is 14.1. The average Bonchev–Trinajstić information content (AvgIpc) is 2.91. The summed E-state index contributed by atoms with van der Waals surface area (Å²) in [5, 5.41) is 4.12. The van der Waals surface area contributed by atoms with Crippen LogP contribution in [0, 0.1) is 0 Å². The highest BCUT2D eigenvalue weighted by molar-refractivity contribution is 5.97. The number of aromatic nitrogens is 2. The van der Waals surface area contributed by atoms with Gasteiger partial charge in [-0.1, -0.05) is 18.2 Å². The molecule has 5 nitrogen and oxygen atoms in total.